The molecule has 1 aromatic heterocycles. The van der Waals surface area contributed by atoms with Crippen molar-refractivity contribution in [3.8, 4) is 0 Å². The standard InChI is InChI=1S/C13H14N2O/c1-8-4-5-10-9(7-8)12-11(15-10)3-2-6-14-13(12)16/h4-5,7,15H,2-3,6H2,1H3,(H,14,16). The van der Waals surface area contributed by atoms with Crippen molar-refractivity contribution in [2.75, 3.05) is 6.54 Å². The van der Waals surface area contributed by atoms with Crippen LogP contribution in [0, 0.1) is 6.92 Å². The summed E-state index contributed by atoms with van der Waals surface area (Å²) in [6.45, 7) is 2.82. The smallest absolute Gasteiger partial charge is 0.253 e. The van der Waals surface area contributed by atoms with Crippen LogP contribution in [-0.4, -0.2) is 17.4 Å². The Morgan fingerprint density at radius 2 is 2.19 bits per heavy atom. The van der Waals surface area contributed by atoms with Gasteiger partial charge in [-0.05, 0) is 31.9 Å². The van der Waals surface area contributed by atoms with Crippen molar-refractivity contribution in [1.82, 2.24) is 10.3 Å². The van der Waals surface area contributed by atoms with Crippen LogP contribution in [0.4, 0.5) is 0 Å². The van der Waals surface area contributed by atoms with Crippen LogP contribution in [0.15, 0.2) is 18.2 Å². The van der Waals surface area contributed by atoms with Crippen molar-refractivity contribution < 1.29 is 4.79 Å². The Morgan fingerprint density at radius 3 is 3.06 bits per heavy atom. The zero-order chi connectivity index (χ0) is 11.1. The highest BCUT2D eigenvalue weighted by Crippen LogP contribution is 2.25. The van der Waals surface area contributed by atoms with Gasteiger partial charge >= 0.3 is 0 Å². The fourth-order valence-electron chi connectivity index (χ4n) is 2.36. The van der Waals surface area contributed by atoms with Gasteiger partial charge < -0.3 is 10.3 Å². The summed E-state index contributed by atoms with van der Waals surface area (Å²) in [6.07, 6.45) is 1.95. The molecule has 3 rings (SSSR count). The lowest BCUT2D eigenvalue weighted by atomic mass is 10.1. The number of aromatic amines is 1. The van der Waals surface area contributed by atoms with E-state index >= 15 is 0 Å². The number of aromatic nitrogens is 1. The summed E-state index contributed by atoms with van der Waals surface area (Å²) in [4.78, 5) is 15.3. The zero-order valence-electron chi connectivity index (χ0n) is 9.26. The number of benzene rings is 1. The lowest BCUT2D eigenvalue weighted by molar-refractivity contribution is 0.0957. The highest BCUT2D eigenvalue weighted by Gasteiger charge is 2.20. The number of carbonyl (C=O) groups excluding carboxylic acids is 1. The van der Waals surface area contributed by atoms with Crippen LogP contribution >= 0.6 is 0 Å². The van der Waals surface area contributed by atoms with Crippen molar-refractivity contribution in [3.63, 3.8) is 0 Å². The maximum Gasteiger partial charge on any atom is 0.253 e. The second-order valence-corrected chi connectivity index (χ2v) is 4.39. The van der Waals surface area contributed by atoms with Crippen LogP contribution in [-0.2, 0) is 6.42 Å². The summed E-state index contributed by atoms with van der Waals surface area (Å²) in [6, 6.07) is 6.19. The average Bonchev–Trinajstić information content (AvgIpc) is 2.51. The lowest BCUT2D eigenvalue weighted by Gasteiger charge is -2.00. The van der Waals surface area contributed by atoms with Gasteiger partial charge in [-0.1, -0.05) is 11.6 Å². The second kappa shape index (κ2) is 3.37. The lowest BCUT2D eigenvalue weighted by Crippen LogP contribution is -2.22. The van der Waals surface area contributed by atoms with E-state index in [0.717, 1.165) is 41.5 Å². The van der Waals surface area contributed by atoms with Gasteiger partial charge in [0.05, 0.1) is 5.56 Å². The average molecular weight is 214 g/mol. The molecule has 0 atom stereocenters. The molecule has 0 bridgehead atoms. The Morgan fingerprint density at radius 1 is 1.31 bits per heavy atom. The van der Waals surface area contributed by atoms with Crippen molar-refractivity contribution in [3.05, 3.63) is 35.0 Å². The Labute approximate surface area is 93.9 Å². The molecule has 0 radical (unpaired) electrons. The fraction of sp³-hybridized carbons (Fsp3) is 0.308. The van der Waals surface area contributed by atoms with Crippen LogP contribution < -0.4 is 5.32 Å². The largest absolute Gasteiger partial charge is 0.358 e. The van der Waals surface area contributed by atoms with E-state index in [0.29, 0.717) is 0 Å². The predicted octanol–water partition coefficient (Wildman–Crippen LogP) is 2.15. The Balaban J connectivity index is 2.32. The number of rotatable bonds is 0. The first-order chi connectivity index (χ1) is 7.75. The number of H-pyrrole nitrogens is 1. The van der Waals surface area contributed by atoms with Gasteiger partial charge in [-0.25, -0.2) is 0 Å². The first kappa shape index (κ1) is 9.46. The van der Waals surface area contributed by atoms with E-state index in [-0.39, 0.29) is 5.91 Å². The molecule has 1 aromatic carbocycles. The summed E-state index contributed by atoms with van der Waals surface area (Å²) in [5.74, 6) is 0.0596. The van der Waals surface area contributed by atoms with E-state index in [2.05, 4.69) is 22.4 Å². The molecule has 0 unspecified atom stereocenters. The SMILES string of the molecule is Cc1ccc2[nH]c3c(c2c1)C(=O)NCCC3. The normalized spacial score (nSPS) is 15.7. The van der Waals surface area contributed by atoms with Crippen molar-refractivity contribution >= 4 is 16.8 Å². The summed E-state index contributed by atoms with van der Waals surface area (Å²) in [7, 11) is 0. The van der Waals surface area contributed by atoms with E-state index in [1.165, 1.54) is 5.56 Å². The van der Waals surface area contributed by atoms with Gasteiger partial charge in [0.1, 0.15) is 0 Å². The molecule has 2 aromatic rings. The number of amides is 1. The first-order valence-corrected chi connectivity index (χ1v) is 5.65. The molecule has 0 saturated heterocycles. The molecule has 1 amide bonds. The Kier molecular flexibility index (Phi) is 1.99. The van der Waals surface area contributed by atoms with Gasteiger partial charge in [0, 0.05) is 23.1 Å². The summed E-state index contributed by atoms with van der Waals surface area (Å²) in [5.41, 5.74) is 4.17. The van der Waals surface area contributed by atoms with E-state index < -0.39 is 0 Å². The number of hydrogen-bond acceptors (Lipinski definition) is 1. The molecule has 3 heteroatoms. The number of nitrogens with one attached hydrogen (secondary N) is 2. The third-order valence-corrected chi connectivity index (χ3v) is 3.15. The van der Waals surface area contributed by atoms with Crippen LogP contribution in [0.5, 0.6) is 0 Å². The van der Waals surface area contributed by atoms with Gasteiger partial charge in [-0.15, -0.1) is 0 Å². The topological polar surface area (TPSA) is 44.9 Å². The first-order valence-electron chi connectivity index (χ1n) is 5.65. The van der Waals surface area contributed by atoms with E-state index in [1.54, 1.807) is 0 Å². The number of hydrogen-bond donors (Lipinski definition) is 2. The minimum atomic E-state index is 0.0596. The Hall–Kier alpha value is -1.77. The molecule has 1 aliphatic rings. The molecule has 3 nitrogen and oxygen atoms in total. The third kappa shape index (κ3) is 1.32. The van der Waals surface area contributed by atoms with Crippen LogP contribution in [0.2, 0.25) is 0 Å². The zero-order valence-corrected chi connectivity index (χ0v) is 9.26. The van der Waals surface area contributed by atoms with E-state index in [9.17, 15) is 4.79 Å². The van der Waals surface area contributed by atoms with Gasteiger partial charge in [-0.3, -0.25) is 4.79 Å². The molecule has 0 saturated carbocycles. The van der Waals surface area contributed by atoms with Crippen LogP contribution in [0.1, 0.15) is 28.0 Å². The number of carbonyl (C=O) groups is 1. The quantitative estimate of drug-likeness (QED) is 0.693. The Bertz CT molecular complexity index is 569. The molecule has 2 N–H and O–H groups in total. The van der Waals surface area contributed by atoms with E-state index in [4.69, 9.17) is 0 Å². The van der Waals surface area contributed by atoms with Crippen LogP contribution in [0.3, 0.4) is 0 Å². The minimum Gasteiger partial charge on any atom is -0.358 e. The van der Waals surface area contributed by atoms with Gasteiger partial charge in [0.25, 0.3) is 5.91 Å². The summed E-state index contributed by atoms with van der Waals surface area (Å²) in [5, 5.41) is 3.99. The second-order valence-electron chi connectivity index (χ2n) is 4.39. The molecule has 0 fully saturated rings. The highest BCUT2D eigenvalue weighted by molar-refractivity contribution is 6.08. The molecule has 0 spiro atoms. The molecule has 16 heavy (non-hydrogen) atoms. The van der Waals surface area contributed by atoms with Gasteiger partial charge in [0.15, 0.2) is 0 Å². The number of aryl methyl sites for hydroxylation is 2. The maximum atomic E-state index is 12.0. The van der Waals surface area contributed by atoms with Crippen molar-refractivity contribution in [2.45, 2.75) is 19.8 Å². The monoisotopic (exact) mass is 214 g/mol. The summed E-state index contributed by atoms with van der Waals surface area (Å²) >= 11 is 0. The van der Waals surface area contributed by atoms with Crippen molar-refractivity contribution in [2.24, 2.45) is 0 Å². The molecular weight excluding hydrogens is 200 g/mol. The van der Waals surface area contributed by atoms with Gasteiger partial charge in [-0.2, -0.15) is 0 Å². The molecule has 2 heterocycles. The number of fused-ring (bicyclic) bond motifs is 3. The molecule has 1 aliphatic heterocycles. The summed E-state index contributed by atoms with van der Waals surface area (Å²) < 4.78 is 0. The van der Waals surface area contributed by atoms with E-state index in [1.807, 2.05) is 13.0 Å². The predicted molar refractivity (Wildman–Crippen MR) is 63.7 cm³/mol. The van der Waals surface area contributed by atoms with Gasteiger partial charge in [0.2, 0.25) is 0 Å². The minimum absolute atomic E-state index is 0.0596. The molecule has 82 valence electrons. The third-order valence-electron chi connectivity index (χ3n) is 3.15. The maximum absolute atomic E-state index is 12.0. The molecule has 0 aliphatic carbocycles. The highest BCUT2D eigenvalue weighted by atomic mass is 16.1. The van der Waals surface area contributed by atoms with Crippen LogP contribution in [0.25, 0.3) is 10.9 Å². The fourth-order valence-corrected chi connectivity index (χ4v) is 2.36. The molecular formula is C13H14N2O. The van der Waals surface area contributed by atoms with Crippen molar-refractivity contribution in [1.29, 1.82) is 0 Å².